The molecule has 1 aromatic heterocycles. The lowest BCUT2D eigenvalue weighted by Gasteiger charge is -2.23. The predicted molar refractivity (Wildman–Crippen MR) is 116 cm³/mol. The Morgan fingerprint density at radius 1 is 1.15 bits per heavy atom. The maximum absolute atomic E-state index is 12.4. The van der Waals surface area contributed by atoms with E-state index in [1.165, 1.54) is 10.9 Å². The second-order valence-corrected chi connectivity index (χ2v) is 10.5. The van der Waals surface area contributed by atoms with Crippen LogP contribution in [0.5, 0.6) is 5.75 Å². The van der Waals surface area contributed by atoms with Crippen molar-refractivity contribution >= 4 is 38.2 Å². The van der Waals surface area contributed by atoms with E-state index < -0.39 is 11.4 Å². The molecule has 0 fully saturated rings. The zero-order valence-corrected chi connectivity index (χ0v) is 18.5. The van der Waals surface area contributed by atoms with Crippen LogP contribution in [0.15, 0.2) is 53.1 Å². The largest absolute Gasteiger partial charge is 0.598 e. The van der Waals surface area contributed by atoms with Crippen LogP contribution in [-0.4, -0.2) is 21.0 Å². The van der Waals surface area contributed by atoms with Crippen molar-refractivity contribution in [3.63, 3.8) is 0 Å². The zero-order valence-electron chi connectivity index (χ0n) is 16.1. The van der Waals surface area contributed by atoms with Gasteiger partial charge in [-0.15, -0.1) is 4.72 Å². The SMILES string of the molecule is COc1ccc(Cn2cc(CN[S+]([O-])C(C)(C)C)c3ccc(Br)cc32)cc1. The number of nitrogens with one attached hydrogen (secondary N) is 1. The van der Waals surface area contributed by atoms with Crippen molar-refractivity contribution in [2.75, 3.05) is 7.11 Å². The van der Waals surface area contributed by atoms with E-state index in [4.69, 9.17) is 4.74 Å². The fraction of sp³-hybridized carbons (Fsp3) is 0.333. The van der Waals surface area contributed by atoms with E-state index in [1.54, 1.807) is 7.11 Å². The average Bonchev–Trinajstić information content (AvgIpc) is 2.96. The number of hydrogen-bond donors (Lipinski definition) is 1. The molecule has 144 valence electrons. The second kappa shape index (κ2) is 8.27. The first kappa shape index (κ1) is 20.3. The predicted octanol–water partition coefficient (Wildman–Crippen LogP) is 5.01. The van der Waals surface area contributed by atoms with Crippen molar-refractivity contribution in [3.8, 4) is 5.75 Å². The van der Waals surface area contributed by atoms with Crippen molar-refractivity contribution in [3.05, 3.63) is 64.3 Å². The molecule has 0 radical (unpaired) electrons. The summed E-state index contributed by atoms with van der Waals surface area (Å²) in [5, 5.41) is 1.17. The van der Waals surface area contributed by atoms with E-state index in [2.05, 4.69) is 55.7 Å². The second-order valence-electron chi connectivity index (χ2n) is 7.49. The van der Waals surface area contributed by atoms with Gasteiger partial charge >= 0.3 is 0 Å². The summed E-state index contributed by atoms with van der Waals surface area (Å²) < 4.78 is 23.8. The van der Waals surface area contributed by atoms with E-state index in [0.29, 0.717) is 6.54 Å². The van der Waals surface area contributed by atoms with Crippen LogP contribution < -0.4 is 9.46 Å². The molecule has 0 saturated carbocycles. The summed E-state index contributed by atoms with van der Waals surface area (Å²) in [5.74, 6) is 0.855. The third kappa shape index (κ3) is 4.88. The lowest BCUT2D eigenvalue weighted by Crippen LogP contribution is -2.38. The van der Waals surface area contributed by atoms with Gasteiger partial charge in [0.2, 0.25) is 0 Å². The van der Waals surface area contributed by atoms with Gasteiger partial charge in [0.25, 0.3) is 0 Å². The highest BCUT2D eigenvalue weighted by atomic mass is 79.9. The van der Waals surface area contributed by atoms with Gasteiger partial charge in [-0.25, -0.2) is 0 Å². The number of halogens is 1. The summed E-state index contributed by atoms with van der Waals surface area (Å²) in [6.07, 6.45) is 2.15. The molecule has 1 atom stereocenters. The molecule has 4 nitrogen and oxygen atoms in total. The van der Waals surface area contributed by atoms with Gasteiger partial charge in [-0.2, -0.15) is 0 Å². The fourth-order valence-corrected chi connectivity index (χ4v) is 3.97. The molecule has 0 saturated heterocycles. The van der Waals surface area contributed by atoms with Crippen LogP contribution in [0.2, 0.25) is 0 Å². The van der Waals surface area contributed by atoms with Crippen LogP contribution in [0.4, 0.5) is 0 Å². The number of methoxy groups -OCH3 is 1. The van der Waals surface area contributed by atoms with Gasteiger partial charge in [0.15, 0.2) is 0 Å². The van der Waals surface area contributed by atoms with Gasteiger partial charge in [0.1, 0.15) is 10.5 Å². The molecule has 2 aromatic carbocycles. The Balaban J connectivity index is 1.89. The van der Waals surface area contributed by atoms with E-state index in [1.807, 2.05) is 39.0 Å². The summed E-state index contributed by atoms with van der Waals surface area (Å²) >= 11 is 2.47. The van der Waals surface area contributed by atoms with Crippen LogP contribution in [0.25, 0.3) is 10.9 Å². The van der Waals surface area contributed by atoms with Gasteiger partial charge in [-0.05, 0) is 56.2 Å². The number of aromatic nitrogens is 1. The molecule has 27 heavy (non-hydrogen) atoms. The number of ether oxygens (including phenoxy) is 1. The van der Waals surface area contributed by atoms with Crippen molar-refractivity contribution in [2.24, 2.45) is 0 Å². The molecule has 1 N–H and O–H groups in total. The van der Waals surface area contributed by atoms with E-state index in [0.717, 1.165) is 27.8 Å². The molecule has 3 rings (SSSR count). The quantitative estimate of drug-likeness (QED) is 0.538. The molecule has 0 aliphatic carbocycles. The third-order valence-corrected chi connectivity index (χ3v) is 6.40. The van der Waals surface area contributed by atoms with Gasteiger partial charge < -0.3 is 13.9 Å². The summed E-state index contributed by atoms with van der Waals surface area (Å²) in [5.41, 5.74) is 3.49. The number of benzene rings is 2. The Bertz CT molecular complexity index is 916. The van der Waals surface area contributed by atoms with Crippen molar-refractivity contribution in [1.82, 2.24) is 9.29 Å². The highest BCUT2D eigenvalue weighted by Crippen LogP contribution is 2.27. The minimum absolute atomic E-state index is 0.287. The normalized spacial score (nSPS) is 13.1. The maximum atomic E-state index is 12.4. The summed E-state index contributed by atoms with van der Waals surface area (Å²) in [4.78, 5) is 0. The molecule has 0 spiro atoms. The molecular weight excluding hydrogens is 424 g/mol. The minimum atomic E-state index is -1.10. The van der Waals surface area contributed by atoms with Crippen LogP contribution in [0.1, 0.15) is 31.9 Å². The van der Waals surface area contributed by atoms with Crippen LogP contribution in [0, 0.1) is 0 Å². The highest BCUT2D eigenvalue weighted by Gasteiger charge is 2.26. The van der Waals surface area contributed by atoms with Gasteiger partial charge in [-0.1, -0.05) is 34.1 Å². The smallest absolute Gasteiger partial charge is 0.136 e. The first-order valence-corrected chi connectivity index (χ1v) is 10.8. The Morgan fingerprint density at radius 3 is 2.48 bits per heavy atom. The van der Waals surface area contributed by atoms with Gasteiger partial charge in [-0.3, -0.25) is 0 Å². The van der Waals surface area contributed by atoms with E-state index in [-0.39, 0.29) is 4.75 Å². The molecule has 0 aliphatic rings. The lowest BCUT2D eigenvalue weighted by molar-refractivity contribution is 0.414. The van der Waals surface area contributed by atoms with E-state index in [9.17, 15) is 4.55 Å². The molecule has 0 aliphatic heterocycles. The molecule has 1 unspecified atom stereocenters. The Labute approximate surface area is 172 Å². The molecular formula is C21H25BrN2O2S. The third-order valence-electron chi connectivity index (χ3n) is 4.39. The highest BCUT2D eigenvalue weighted by molar-refractivity contribution is 9.10. The average molecular weight is 449 g/mol. The first-order valence-electron chi connectivity index (χ1n) is 8.83. The number of nitrogens with zero attached hydrogens (tertiary/aromatic N) is 1. The van der Waals surface area contributed by atoms with Gasteiger partial charge in [0, 0.05) is 39.5 Å². The summed E-state index contributed by atoms with van der Waals surface area (Å²) in [6.45, 7) is 7.25. The van der Waals surface area contributed by atoms with Crippen LogP contribution in [0.3, 0.4) is 0 Å². The van der Waals surface area contributed by atoms with Crippen LogP contribution >= 0.6 is 15.9 Å². The minimum Gasteiger partial charge on any atom is -0.598 e. The standard InChI is InChI=1S/C21H25BrN2O2S/c1-21(2,3)27(25)23-12-16-14-24(20-11-17(22)7-10-19(16)20)13-15-5-8-18(26-4)9-6-15/h5-11,14,23H,12-13H2,1-4H3. The Hall–Kier alpha value is -1.47. The molecule has 1 heterocycles. The molecule has 3 aromatic rings. The molecule has 0 bridgehead atoms. The summed E-state index contributed by atoms with van der Waals surface area (Å²) in [7, 11) is 1.67. The summed E-state index contributed by atoms with van der Waals surface area (Å²) in [6, 6.07) is 14.4. The topological polar surface area (TPSA) is 49.2 Å². The maximum Gasteiger partial charge on any atom is 0.136 e. The molecule has 0 amide bonds. The Morgan fingerprint density at radius 2 is 1.85 bits per heavy atom. The number of fused-ring (bicyclic) bond motifs is 1. The first-order chi connectivity index (χ1) is 12.8. The van der Waals surface area contributed by atoms with Crippen molar-refractivity contribution in [1.29, 1.82) is 0 Å². The van der Waals surface area contributed by atoms with Gasteiger partial charge in [0.05, 0.1) is 13.7 Å². The number of rotatable bonds is 6. The van der Waals surface area contributed by atoms with Crippen molar-refractivity contribution < 1.29 is 9.29 Å². The lowest BCUT2D eigenvalue weighted by atomic mass is 10.2. The monoisotopic (exact) mass is 448 g/mol. The van der Waals surface area contributed by atoms with E-state index >= 15 is 0 Å². The molecule has 6 heteroatoms. The van der Waals surface area contributed by atoms with Crippen LogP contribution in [-0.2, 0) is 24.5 Å². The van der Waals surface area contributed by atoms with Crippen molar-refractivity contribution in [2.45, 2.75) is 38.6 Å². The zero-order chi connectivity index (χ0) is 19.6. The Kier molecular flexibility index (Phi) is 6.21. The number of hydrogen-bond acceptors (Lipinski definition) is 3. The fourth-order valence-electron chi connectivity index (χ4n) is 2.90.